The summed E-state index contributed by atoms with van der Waals surface area (Å²) in [6.45, 7) is 8.22. The molecule has 1 aliphatic heterocycles. The summed E-state index contributed by atoms with van der Waals surface area (Å²) in [5, 5.41) is 3.24. The van der Waals surface area contributed by atoms with Gasteiger partial charge < -0.3 is 5.32 Å². The van der Waals surface area contributed by atoms with E-state index in [1.54, 1.807) is 0 Å². The van der Waals surface area contributed by atoms with E-state index < -0.39 is 10.0 Å². The average molecular weight is 260 g/mol. The zero-order valence-electron chi connectivity index (χ0n) is 11.0. The van der Waals surface area contributed by atoms with Crippen molar-refractivity contribution in [3.8, 4) is 0 Å². The van der Waals surface area contributed by atoms with Gasteiger partial charge in [-0.2, -0.15) is 0 Å². The van der Waals surface area contributed by atoms with Gasteiger partial charge in [-0.05, 0) is 24.8 Å². The molecule has 0 saturated heterocycles. The smallest absolute Gasteiger partial charge is 0.212 e. The Morgan fingerprint density at radius 3 is 2.65 bits per heavy atom. The zero-order valence-corrected chi connectivity index (χ0v) is 11.9. The van der Waals surface area contributed by atoms with E-state index in [0.29, 0.717) is 6.54 Å². The Hall–Kier alpha value is -0.390. The Balaban J connectivity index is 2.32. The molecule has 0 amide bonds. The van der Waals surface area contributed by atoms with E-state index in [4.69, 9.17) is 0 Å². The van der Waals surface area contributed by atoms with E-state index in [1.807, 2.05) is 20.8 Å². The Morgan fingerprint density at radius 1 is 1.41 bits per heavy atom. The molecule has 0 aromatic carbocycles. The first-order chi connectivity index (χ1) is 7.79. The normalized spacial score (nSPS) is 17.9. The minimum atomic E-state index is -3.13. The second-order valence-electron chi connectivity index (χ2n) is 5.78. The number of hydrogen-bond donors (Lipinski definition) is 2. The molecule has 5 heteroatoms. The molecule has 0 aromatic heterocycles. The fourth-order valence-corrected chi connectivity index (χ4v) is 3.54. The van der Waals surface area contributed by atoms with Gasteiger partial charge in [0.15, 0.2) is 0 Å². The molecule has 0 radical (unpaired) electrons. The van der Waals surface area contributed by atoms with Crippen LogP contribution in [0.1, 0.15) is 33.6 Å². The summed E-state index contributed by atoms with van der Waals surface area (Å²) in [6, 6.07) is 0. The van der Waals surface area contributed by atoms with Crippen molar-refractivity contribution in [1.29, 1.82) is 0 Å². The van der Waals surface area contributed by atoms with Crippen molar-refractivity contribution in [2.75, 3.05) is 25.4 Å². The van der Waals surface area contributed by atoms with Gasteiger partial charge in [-0.1, -0.05) is 32.4 Å². The summed E-state index contributed by atoms with van der Waals surface area (Å²) in [5.41, 5.74) is 1.15. The number of hydrogen-bond acceptors (Lipinski definition) is 3. The summed E-state index contributed by atoms with van der Waals surface area (Å²) < 4.78 is 26.2. The van der Waals surface area contributed by atoms with Crippen LogP contribution in [0.3, 0.4) is 0 Å². The van der Waals surface area contributed by atoms with Gasteiger partial charge in [0.1, 0.15) is 0 Å². The number of sulfonamides is 1. The highest BCUT2D eigenvalue weighted by Gasteiger charge is 2.20. The molecule has 0 aliphatic carbocycles. The van der Waals surface area contributed by atoms with Gasteiger partial charge >= 0.3 is 0 Å². The monoisotopic (exact) mass is 260 g/mol. The first kappa shape index (κ1) is 14.7. The molecule has 0 aromatic rings. The third-order valence-electron chi connectivity index (χ3n) is 2.55. The molecular weight excluding hydrogens is 236 g/mol. The fraction of sp³-hybridized carbons (Fsp3) is 0.833. The van der Waals surface area contributed by atoms with Crippen molar-refractivity contribution in [1.82, 2.24) is 10.0 Å². The third-order valence-corrected chi connectivity index (χ3v) is 4.44. The maximum absolute atomic E-state index is 11.7. The van der Waals surface area contributed by atoms with Crippen molar-refractivity contribution < 1.29 is 8.42 Å². The predicted octanol–water partition coefficient (Wildman–Crippen LogP) is 1.26. The van der Waals surface area contributed by atoms with Gasteiger partial charge in [0.05, 0.1) is 5.75 Å². The largest absolute Gasteiger partial charge is 0.313 e. The summed E-state index contributed by atoms with van der Waals surface area (Å²) in [5.74, 6) is 0.181. The van der Waals surface area contributed by atoms with Crippen LogP contribution in [0.25, 0.3) is 0 Å². The Bertz CT molecular complexity index is 366. The highest BCUT2D eigenvalue weighted by molar-refractivity contribution is 7.89. The van der Waals surface area contributed by atoms with Crippen LogP contribution in [0.15, 0.2) is 11.6 Å². The Morgan fingerprint density at radius 2 is 2.12 bits per heavy atom. The minimum Gasteiger partial charge on any atom is -0.313 e. The number of nitrogens with one attached hydrogen (secondary N) is 2. The van der Waals surface area contributed by atoms with Crippen molar-refractivity contribution in [3.63, 3.8) is 0 Å². The first-order valence-corrected chi connectivity index (χ1v) is 7.80. The molecule has 17 heavy (non-hydrogen) atoms. The maximum Gasteiger partial charge on any atom is 0.212 e. The molecule has 100 valence electrons. The molecule has 0 spiro atoms. The van der Waals surface area contributed by atoms with E-state index >= 15 is 0 Å². The maximum atomic E-state index is 11.7. The van der Waals surface area contributed by atoms with Crippen LogP contribution in [-0.4, -0.2) is 33.8 Å². The van der Waals surface area contributed by atoms with Crippen LogP contribution in [0.4, 0.5) is 0 Å². The Labute approximate surface area is 105 Å². The SMILES string of the molecule is CC(C)(C)CS(=O)(=O)NCCC1=CCNCC1. The van der Waals surface area contributed by atoms with Crippen LogP contribution < -0.4 is 10.0 Å². The fourth-order valence-electron chi connectivity index (χ4n) is 1.88. The standard InChI is InChI=1S/C12H24N2O2S/c1-12(2,3)10-17(15,16)14-9-6-11-4-7-13-8-5-11/h4,13-14H,5-10H2,1-3H3. The quantitative estimate of drug-likeness (QED) is 0.732. The van der Waals surface area contributed by atoms with E-state index in [2.05, 4.69) is 16.1 Å². The lowest BCUT2D eigenvalue weighted by Gasteiger charge is -2.19. The molecule has 0 unspecified atom stereocenters. The van der Waals surface area contributed by atoms with Crippen molar-refractivity contribution in [2.24, 2.45) is 5.41 Å². The Kier molecular flexibility index (Phi) is 5.16. The topological polar surface area (TPSA) is 58.2 Å². The van der Waals surface area contributed by atoms with Gasteiger partial charge in [-0.15, -0.1) is 0 Å². The molecule has 2 N–H and O–H groups in total. The second kappa shape index (κ2) is 5.98. The summed E-state index contributed by atoms with van der Waals surface area (Å²) in [7, 11) is -3.13. The van der Waals surface area contributed by atoms with Gasteiger partial charge in [0.2, 0.25) is 10.0 Å². The van der Waals surface area contributed by atoms with Crippen LogP contribution in [0.2, 0.25) is 0 Å². The van der Waals surface area contributed by atoms with Gasteiger partial charge in [0.25, 0.3) is 0 Å². The molecule has 0 bridgehead atoms. The van der Waals surface area contributed by atoms with E-state index in [9.17, 15) is 8.42 Å². The van der Waals surface area contributed by atoms with E-state index in [1.165, 1.54) is 5.57 Å². The van der Waals surface area contributed by atoms with Crippen LogP contribution in [0, 0.1) is 5.41 Å². The van der Waals surface area contributed by atoms with Crippen molar-refractivity contribution in [3.05, 3.63) is 11.6 Å². The van der Waals surface area contributed by atoms with Gasteiger partial charge in [0, 0.05) is 13.1 Å². The summed E-state index contributed by atoms with van der Waals surface area (Å²) in [6.07, 6.45) is 4.01. The summed E-state index contributed by atoms with van der Waals surface area (Å²) in [4.78, 5) is 0. The van der Waals surface area contributed by atoms with Crippen LogP contribution >= 0.6 is 0 Å². The molecule has 4 nitrogen and oxygen atoms in total. The first-order valence-electron chi connectivity index (χ1n) is 6.14. The number of rotatable bonds is 5. The van der Waals surface area contributed by atoms with Crippen molar-refractivity contribution >= 4 is 10.0 Å². The van der Waals surface area contributed by atoms with Crippen LogP contribution in [-0.2, 0) is 10.0 Å². The molecule has 0 saturated carbocycles. The molecule has 0 atom stereocenters. The molecule has 1 heterocycles. The van der Waals surface area contributed by atoms with Crippen molar-refractivity contribution in [2.45, 2.75) is 33.6 Å². The second-order valence-corrected chi connectivity index (χ2v) is 7.59. The minimum absolute atomic E-state index is 0.181. The molecular formula is C12H24N2O2S. The van der Waals surface area contributed by atoms with E-state index in [0.717, 1.165) is 25.9 Å². The summed E-state index contributed by atoms with van der Waals surface area (Å²) >= 11 is 0. The lowest BCUT2D eigenvalue weighted by molar-refractivity contribution is 0.458. The van der Waals surface area contributed by atoms with Gasteiger partial charge in [-0.3, -0.25) is 0 Å². The van der Waals surface area contributed by atoms with Gasteiger partial charge in [-0.25, -0.2) is 13.1 Å². The third kappa shape index (κ3) is 6.81. The molecule has 1 rings (SSSR count). The highest BCUT2D eigenvalue weighted by atomic mass is 32.2. The molecule has 0 fully saturated rings. The predicted molar refractivity (Wildman–Crippen MR) is 71.4 cm³/mol. The zero-order chi connectivity index (χ0) is 12.9. The molecule has 1 aliphatic rings. The lowest BCUT2D eigenvalue weighted by atomic mass is 10.0. The van der Waals surface area contributed by atoms with Crippen LogP contribution in [0.5, 0.6) is 0 Å². The lowest BCUT2D eigenvalue weighted by Crippen LogP contribution is -2.33. The average Bonchev–Trinajstić information content (AvgIpc) is 2.15. The van der Waals surface area contributed by atoms with E-state index in [-0.39, 0.29) is 11.2 Å². The highest BCUT2D eigenvalue weighted by Crippen LogP contribution is 2.15.